The Morgan fingerprint density at radius 1 is 0.783 bits per heavy atom. The molecule has 2 rings (SSSR count). The Bertz CT molecular complexity index is 385. The van der Waals surface area contributed by atoms with Gasteiger partial charge < -0.3 is 50.0 Å². The van der Waals surface area contributed by atoms with Gasteiger partial charge in [-0.1, -0.05) is 0 Å². The molecule has 0 unspecified atom stereocenters. The second-order valence-electron chi connectivity index (χ2n) is 5.52. The monoisotopic (exact) mass is 344 g/mol. The van der Waals surface area contributed by atoms with Crippen molar-refractivity contribution in [3.8, 4) is 0 Å². The lowest BCUT2D eigenvalue weighted by Crippen LogP contribution is -2.60. The van der Waals surface area contributed by atoms with Crippen LogP contribution in [0.1, 0.15) is 0 Å². The average molecular weight is 344 g/mol. The van der Waals surface area contributed by atoms with Crippen LogP contribution in [0.4, 0.5) is 4.39 Å². The van der Waals surface area contributed by atoms with Crippen LogP contribution in [0.25, 0.3) is 0 Å². The molecule has 0 aromatic heterocycles. The number of hydrogen-bond acceptors (Lipinski definition) is 10. The maximum absolute atomic E-state index is 13.9. The summed E-state index contributed by atoms with van der Waals surface area (Å²) in [5.74, 6) is 0. The van der Waals surface area contributed by atoms with Crippen molar-refractivity contribution >= 4 is 0 Å². The summed E-state index contributed by atoms with van der Waals surface area (Å²) in [6.45, 7) is -1.23. The average Bonchev–Trinajstić information content (AvgIpc) is 2.54. The molecule has 0 aliphatic carbocycles. The fraction of sp³-hybridized carbons (Fsp3) is 1.00. The summed E-state index contributed by atoms with van der Waals surface area (Å²) >= 11 is 0. The lowest BCUT2D eigenvalue weighted by molar-refractivity contribution is -0.318. The van der Waals surface area contributed by atoms with E-state index < -0.39 is 74.7 Å². The minimum absolute atomic E-state index is 0.548. The molecule has 2 fully saturated rings. The molecule has 0 aromatic rings. The molecule has 0 bridgehead atoms. The first-order valence-corrected chi connectivity index (χ1v) is 7.03. The highest BCUT2D eigenvalue weighted by molar-refractivity contribution is 4.91. The van der Waals surface area contributed by atoms with Gasteiger partial charge >= 0.3 is 0 Å². The maximum Gasteiger partial charge on any atom is 0.192 e. The highest BCUT2D eigenvalue weighted by Gasteiger charge is 2.47. The molecule has 0 saturated carbocycles. The van der Waals surface area contributed by atoms with Crippen molar-refractivity contribution in [3.63, 3.8) is 0 Å². The van der Waals surface area contributed by atoms with Gasteiger partial charge in [-0.05, 0) is 0 Å². The van der Waals surface area contributed by atoms with E-state index in [1.807, 2.05) is 0 Å². The van der Waals surface area contributed by atoms with Crippen LogP contribution in [0, 0.1) is 0 Å². The van der Waals surface area contributed by atoms with E-state index in [2.05, 4.69) is 0 Å². The summed E-state index contributed by atoms with van der Waals surface area (Å²) in [6, 6.07) is 0. The van der Waals surface area contributed by atoms with Crippen molar-refractivity contribution in [1.82, 2.24) is 0 Å². The predicted octanol–water partition coefficient (Wildman–Crippen LogP) is -4.42. The number of rotatable bonds is 4. The summed E-state index contributed by atoms with van der Waals surface area (Å²) in [7, 11) is 0. The van der Waals surface area contributed by atoms with Gasteiger partial charge in [-0.2, -0.15) is 0 Å². The van der Waals surface area contributed by atoms with Gasteiger partial charge in [-0.15, -0.1) is 0 Å². The van der Waals surface area contributed by atoms with E-state index in [0.29, 0.717) is 0 Å². The zero-order valence-electron chi connectivity index (χ0n) is 11.9. The van der Waals surface area contributed by atoms with E-state index in [-0.39, 0.29) is 0 Å². The second-order valence-corrected chi connectivity index (χ2v) is 5.52. The van der Waals surface area contributed by atoms with Gasteiger partial charge in [0.05, 0.1) is 13.2 Å². The van der Waals surface area contributed by atoms with Crippen LogP contribution in [0.2, 0.25) is 0 Å². The van der Waals surface area contributed by atoms with Crippen molar-refractivity contribution in [2.45, 2.75) is 61.5 Å². The van der Waals surface area contributed by atoms with Crippen LogP contribution in [0.3, 0.4) is 0 Å². The Labute approximate surface area is 130 Å². The smallest absolute Gasteiger partial charge is 0.192 e. The standard InChI is InChI=1S/C12H21FO10/c13-5-8(17)6(15)3(1-14)23-12(5)21-2-4-7(16)9(18)10(19)11(20)22-4/h3-12,14-20H,1-2H2/t3-,4-,5+,6-,7-,8-,9+,10+,11+,12+/m1/s1. The summed E-state index contributed by atoms with van der Waals surface area (Å²) in [4.78, 5) is 0. The minimum Gasteiger partial charge on any atom is -0.394 e. The molecule has 7 N–H and O–H groups in total. The highest BCUT2D eigenvalue weighted by atomic mass is 19.1. The van der Waals surface area contributed by atoms with Gasteiger partial charge in [0, 0.05) is 0 Å². The number of alkyl halides is 1. The third-order valence-corrected chi connectivity index (χ3v) is 3.92. The Kier molecular flexibility index (Phi) is 6.24. The molecular formula is C12H21FO10. The van der Waals surface area contributed by atoms with E-state index in [1.165, 1.54) is 0 Å². The SMILES string of the molecule is OC[C@H]1O[C@H](OC[C@H]2O[C@H](O)[C@@H](O)[C@@H](O)[C@@H]2O)[C@@H](F)[C@@H](O)[C@@H]1O. The molecule has 0 aromatic carbocycles. The quantitative estimate of drug-likeness (QED) is 0.264. The van der Waals surface area contributed by atoms with Gasteiger partial charge in [0.15, 0.2) is 18.8 Å². The molecule has 23 heavy (non-hydrogen) atoms. The largest absolute Gasteiger partial charge is 0.394 e. The van der Waals surface area contributed by atoms with Crippen molar-refractivity contribution in [3.05, 3.63) is 0 Å². The van der Waals surface area contributed by atoms with Crippen molar-refractivity contribution in [2.75, 3.05) is 13.2 Å². The van der Waals surface area contributed by atoms with E-state index >= 15 is 0 Å². The number of hydrogen-bond donors (Lipinski definition) is 7. The predicted molar refractivity (Wildman–Crippen MR) is 67.5 cm³/mol. The van der Waals surface area contributed by atoms with Crippen LogP contribution in [-0.4, -0.2) is 110 Å². The van der Waals surface area contributed by atoms with Gasteiger partial charge in [0.2, 0.25) is 0 Å². The van der Waals surface area contributed by atoms with Crippen LogP contribution in [0.15, 0.2) is 0 Å². The molecule has 0 radical (unpaired) electrons. The minimum atomic E-state index is -2.13. The maximum atomic E-state index is 13.9. The summed E-state index contributed by atoms with van der Waals surface area (Å²) in [6.07, 6.45) is -16.6. The van der Waals surface area contributed by atoms with Crippen LogP contribution in [0.5, 0.6) is 0 Å². The third-order valence-electron chi connectivity index (χ3n) is 3.92. The molecule has 10 atom stereocenters. The fourth-order valence-corrected chi connectivity index (χ4v) is 2.44. The zero-order chi connectivity index (χ0) is 17.3. The van der Waals surface area contributed by atoms with Gasteiger partial charge in [0.25, 0.3) is 0 Å². The van der Waals surface area contributed by atoms with Crippen molar-refractivity contribution < 1.29 is 54.3 Å². The lowest BCUT2D eigenvalue weighted by atomic mass is 9.99. The Balaban J connectivity index is 1.94. The van der Waals surface area contributed by atoms with Gasteiger partial charge in [-0.3, -0.25) is 0 Å². The zero-order valence-corrected chi connectivity index (χ0v) is 11.9. The Hall–Kier alpha value is -0.470. The van der Waals surface area contributed by atoms with Gasteiger partial charge in [-0.25, -0.2) is 4.39 Å². The first-order chi connectivity index (χ1) is 10.8. The number of aliphatic hydroxyl groups is 7. The van der Waals surface area contributed by atoms with Crippen LogP contribution in [-0.2, 0) is 14.2 Å². The molecule has 2 saturated heterocycles. The first-order valence-electron chi connectivity index (χ1n) is 7.03. The van der Waals surface area contributed by atoms with Crippen LogP contribution < -0.4 is 0 Å². The second kappa shape index (κ2) is 7.61. The molecule has 0 amide bonds. The molecule has 2 heterocycles. The summed E-state index contributed by atoms with van der Waals surface area (Å²) in [5, 5.41) is 66.0. The third kappa shape index (κ3) is 3.79. The topological polar surface area (TPSA) is 169 Å². The molecular weight excluding hydrogens is 323 g/mol. The number of halogens is 1. The van der Waals surface area contributed by atoms with Crippen molar-refractivity contribution in [1.29, 1.82) is 0 Å². The van der Waals surface area contributed by atoms with E-state index in [9.17, 15) is 35.0 Å². The Morgan fingerprint density at radius 2 is 1.39 bits per heavy atom. The number of ether oxygens (including phenoxy) is 3. The molecule has 136 valence electrons. The molecule has 0 spiro atoms. The van der Waals surface area contributed by atoms with E-state index in [1.54, 1.807) is 0 Å². The normalized spacial score (nSPS) is 51.7. The van der Waals surface area contributed by atoms with Crippen molar-refractivity contribution in [2.24, 2.45) is 0 Å². The van der Waals surface area contributed by atoms with E-state index in [0.717, 1.165) is 0 Å². The summed E-state index contributed by atoms with van der Waals surface area (Å²) < 4.78 is 28.7. The van der Waals surface area contributed by atoms with Crippen LogP contribution >= 0.6 is 0 Å². The Morgan fingerprint density at radius 3 is 2.00 bits per heavy atom. The molecule has 2 aliphatic rings. The summed E-state index contributed by atoms with van der Waals surface area (Å²) in [5.41, 5.74) is 0. The van der Waals surface area contributed by atoms with E-state index in [4.69, 9.17) is 19.3 Å². The molecule has 10 nitrogen and oxygen atoms in total. The molecule has 11 heteroatoms. The lowest BCUT2D eigenvalue weighted by Gasteiger charge is -2.41. The highest BCUT2D eigenvalue weighted by Crippen LogP contribution is 2.26. The number of aliphatic hydroxyl groups excluding tert-OH is 7. The fourth-order valence-electron chi connectivity index (χ4n) is 2.44. The first kappa shape index (κ1) is 18.9. The van der Waals surface area contributed by atoms with Gasteiger partial charge in [0.1, 0.15) is 42.7 Å². The molecule has 2 aliphatic heterocycles.